The van der Waals surface area contributed by atoms with Crippen LogP contribution in [0.5, 0.6) is 0 Å². The molecule has 1 heterocycles. The van der Waals surface area contributed by atoms with Gasteiger partial charge in [-0.3, -0.25) is 0 Å². The Bertz CT molecular complexity index is 430. The van der Waals surface area contributed by atoms with E-state index in [1.54, 1.807) is 6.07 Å². The SMILES string of the molecule is CC1CCC2(CC1)COC(c1ccccc1F)CN2. The van der Waals surface area contributed by atoms with Crippen molar-refractivity contribution in [2.75, 3.05) is 13.2 Å². The first-order valence-corrected chi connectivity index (χ1v) is 7.30. The van der Waals surface area contributed by atoms with Gasteiger partial charge in [-0.15, -0.1) is 0 Å². The molecular weight excluding hydrogens is 241 g/mol. The second-order valence-electron chi connectivity index (χ2n) is 6.16. The summed E-state index contributed by atoms with van der Waals surface area (Å²) < 4.78 is 19.7. The summed E-state index contributed by atoms with van der Waals surface area (Å²) in [5.41, 5.74) is 0.822. The van der Waals surface area contributed by atoms with Gasteiger partial charge in [-0.1, -0.05) is 25.1 Å². The standard InChI is InChI=1S/C16H22FNO/c1-12-6-8-16(9-7-12)11-19-15(10-18-16)13-4-2-3-5-14(13)17/h2-5,12,15,18H,6-11H2,1H3. The van der Waals surface area contributed by atoms with E-state index in [9.17, 15) is 4.39 Å². The number of benzene rings is 1. The van der Waals surface area contributed by atoms with Crippen LogP contribution >= 0.6 is 0 Å². The first kappa shape index (κ1) is 13.1. The van der Waals surface area contributed by atoms with Crippen LogP contribution in [-0.2, 0) is 4.74 Å². The fraction of sp³-hybridized carbons (Fsp3) is 0.625. The van der Waals surface area contributed by atoms with Gasteiger partial charge >= 0.3 is 0 Å². The van der Waals surface area contributed by atoms with Crippen LogP contribution in [0.1, 0.15) is 44.3 Å². The number of rotatable bonds is 1. The Kier molecular flexibility index (Phi) is 3.59. The molecule has 3 rings (SSSR count). The van der Waals surface area contributed by atoms with Gasteiger partial charge in [0.15, 0.2) is 0 Å². The van der Waals surface area contributed by atoms with Crippen LogP contribution in [0.15, 0.2) is 24.3 Å². The van der Waals surface area contributed by atoms with E-state index in [0.29, 0.717) is 12.2 Å². The lowest BCUT2D eigenvalue weighted by Gasteiger charge is -2.45. The quantitative estimate of drug-likeness (QED) is 0.838. The number of morpholine rings is 1. The molecule has 1 saturated heterocycles. The minimum Gasteiger partial charge on any atom is -0.370 e. The van der Waals surface area contributed by atoms with Crippen LogP contribution < -0.4 is 5.32 Å². The van der Waals surface area contributed by atoms with E-state index in [-0.39, 0.29) is 17.5 Å². The van der Waals surface area contributed by atoms with E-state index in [2.05, 4.69) is 12.2 Å². The van der Waals surface area contributed by atoms with E-state index in [0.717, 1.165) is 12.5 Å². The molecule has 0 amide bonds. The lowest BCUT2D eigenvalue weighted by molar-refractivity contribution is -0.0516. The summed E-state index contributed by atoms with van der Waals surface area (Å²) >= 11 is 0. The molecule has 104 valence electrons. The van der Waals surface area contributed by atoms with Gasteiger partial charge in [0.1, 0.15) is 5.82 Å². The second-order valence-corrected chi connectivity index (χ2v) is 6.16. The van der Waals surface area contributed by atoms with Crippen LogP contribution in [0.25, 0.3) is 0 Å². The Morgan fingerprint density at radius 3 is 2.63 bits per heavy atom. The number of hydrogen-bond acceptors (Lipinski definition) is 2. The van der Waals surface area contributed by atoms with Gasteiger partial charge in [0.2, 0.25) is 0 Å². The first-order chi connectivity index (χ1) is 9.19. The minimum atomic E-state index is -0.164. The number of hydrogen-bond donors (Lipinski definition) is 1. The van der Waals surface area contributed by atoms with Crippen LogP contribution in [0.2, 0.25) is 0 Å². The molecule has 1 saturated carbocycles. The smallest absolute Gasteiger partial charge is 0.129 e. The zero-order valence-corrected chi connectivity index (χ0v) is 11.5. The lowest BCUT2D eigenvalue weighted by atomic mass is 9.77. The highest BCUT2D eigenvalue weighted by atomic mass is 19.1. The van der Waals surface area contributed by atoms with E-state index >= 15 is 0 Å². The van der Waals surface area contributed by atoms with Crippen molar-refractivity contribution < 1.29 is 9.13 Å². The third-order valence-corrected chi connectivity index (χ3v) is 4.71. The predicted molar refractivity (Wildman–Crippen MR) is 73.5 cm³/mol. The summed E-state index contributed by atoms with van der Waals surface area (Å²) in [6, 6.07) is 6.92. The van der Waals surface area contributed by atoms with Crippen molar-refractivity contribution in [2.45, 2.75) is 44.2 Å². The average molecular weight is 263 g/mol. The molecule has 19 heavy (non-hydrogen) atoms. The van der Waals surface area contributed by atoms with Gasteiger partial charge in [0.25, 0.3) is 0 Å². The van der Waals surface area contributed by atoms with Gasteiger partial charge in [-0.2, -0.15) is 0 Å². The summed E-state index contributed by atoms with van der Waals surface area (Å²) in [5.74, 6) is 0.666. The summed E-state index contributed by atoms with van der Waals surface area (Å²) in [4.78, 5) is 0. The van der Waals surface area contributed by atoms with Crippen molar-refractivity contribution in [1.29, 1.82) is 0 Å². The fourth-order valence-electron chi connectivity index (χ4n) is 3.25. The monoisotopic (exact) mass is 263 g/mol. The summed E-state index contributed by atoms with van der Waals surface area (Å²) in [7, 11) is 0. The van der Waals surface area contributed by atoms with Gasteiger partial charge in [0, 0.05) is 17.6 Å². The van der Waals surface area contributed by atoms with E-state index < -0.39 is 0 Å². The molecule has 1 unspecified atom stereocenters. The maximum Gasteiger partial charge on any atom is 0.129 e. The molecule has 0 bridgehead atoms. The minimum absolute atomic E-state index is 0.147. The molecule has 1 aromatic carbocycles. The van der Waals surface area contributed by atoms with Gasteiger partial charge in [-0.05, 0) is 37.7 Å². The van der Waals surface area contributed by atoms with Crippen LogP contribution in [-0.4, -0.2) is 18.7 Å². The number of halogens is 1. The predicted octanol–water partition coefficient (Wildman–Crippen LogP) is 3.44. The van der Waals surface area contributed by atoms with Crippen molar-refractivity contribution >= 4 is 0 Å². The Morgan fingerprint density at radius 1 is 1.26 bits per heavy atom. The molecule has 0 aromatic heterocycles. The average Bonchev–Trinajstić information content (AvgIpc) is 2.44. The number of nitrogens with one attached hydrogen (secondary N) is 1. The first-order valence-electron chi connectivity index (χ1n) is 7.30. The third kappa shape index (κ3) is 2.67. The Hall–Kier alpha value is -0.930. The zero-order chi connectivity index (χ0) is 13.3. The fourth-order valence-corrected chi connectivity index (χ4v) is 3.25. The van der Waals surface area contributed by atoms with Gasteiger partial charge < -0.3 is 10.1 Å². The Balaban J connectivity index is 1.65. The summed E-state index contributed by atoms with van der Waals surface area (Å²) in [5, 5.41) is 3.64. The van der Waals surface area contributed by atoms with Crippen molar-refractivity contribution in [1.82, 2.24) is 5.32 Å². The maximum atomic E-state index is 13.8. The van der Waals surface area contributed by atoms with Crippen molar-refractivity contribution in [3.8, 4) is 0 Å². The summed E-state index contributed by atoms with van der Waals surface area (Å²) in [6.45, 7) is 3.74. The van der Waals surface area contributed by atoms with E-state index in [1.807, 2.05) is 12.1 Å². The molecule has 2 aliphatic rings. The highest BCUT2D eigenvalue weighted by molar-refractivity contribution is 5.21. The molecular formula is C16H22FNO. The summed E-state index contributed by atoms with van der Waals surface area (Å²) in [6.07, 6.45) is 4.74. The van der Waals surface area contributed by atoms with Gasteiger partial charge in [0.05, 0.1) is 12.7 Å². The normalized spacial score (nSPS) is 35.5. The van der Waals surface area contributed by atoms with Crippen molar-refractivity contribution in [3.05, 3.63) is 35.6 Å². The maximum absolute atomic E-state index is 13.8. The second kappa shape index (κ2) is 5.22. The molecule has 2 nitrogen and oxygen atoms in total. The molecule has 1 atom stereocenters. The lowest BCUT2D eigenvalue weighted by Crippen LogP contribution is -2.56. The van der Waals surface area contributed by atoms with Crippen molar-refractivity contribution in [3.63, 3.8) is 0 Å². The van der Waals surface area contributed by atoms with E-state index in [1.165, 1.54) is 31.7 Å². The highest BCUT2D eigenvalue weighted by Gasteiger charge is 2.38. The molecule has 3 heteroatoms. The molecule has 2 fully saturated rings. The molecule has 1 N–H and O–H groups in total. The van der Waals surface area contributed by atoms with Gasteiger partial charge in [-0.25, -0.2) is 4.39 Å². The third-order valence-electron chi connectivity index (χ3n) is 4.71. The molecule has 1 aliphatic carbocycles. The molecule has 1 aromatic rings. The van der Waals surface area contributed by atoms with E-state index in [4.69, 9.17) is 4.74 Å². The molecule has 1 aliphatic heterocycles. The number of ether oxygens (including phenoxy) is 1. The van der Waals surface area contributed by atoms with Crippen LogP contribution in [0.4, 0.5) is 4.39 Å². The Labute approximate surface area is 114 Å². The molecule has 0 radical (unpaired) electrons. The highest BCUT2D eigenvalue weighted by Crippen LogP contribution is 2.36. The van der Waals surface area contributed by atoms with Crippen molar-refractivity contribution in [2.24, 2.45) is 5.92 Å². The zero-order valence-electron chi connectivity index (χ0n) is 11.5. The topological polar surface area (TPSA) is 21.3 Å². The largest absolute Gasteiger partial charge is 0.370 e. The van der Waals surface area contributed by atoms with Crippen LogP contribution in [0, 0.1) is 11.7 Å². The van der Waals surface area contributed by atoms with Crippen LogP contribution in [0.3, 0.4) is 0 Å². The Morgan fingerprint density at radius 2 is 2.00 bits per heavy atom. The molecule has 1 spiro atoms.